The number of ketones is 1. The number of nitrogens with zero attached hydrogens (tertiary/aromatic N) is 3. The van der Waals surface area contributed by atoms with E-state index in [1.807, 2.05) is 0 Å². The zero-order valence-electron chi connectivity index (χ0n) is 14.5. The molecule has 0 radical (unpaired) electrons. The number of hydrogen-bond donors (Lipinski definition) is 0. The fourth-order valence-corrected chi connectivity index (χ4v) is 3.85. The maximum atomic E-state index is 13.2. The molecular formula is C19H26FN3O. The van der Waals surface area contributed by atoms with Gasteiger partial charge in [-0.1, -0.05) is 25.5 Å². The van der Waals surface area contributed by atoms with E-state index in [4.69, 9.17) is 5.26 Å². The molecule has 3 atom stereocenters. The van der Waals surface area contributed by atoms with Gasteiger partial charge >= 0.3 is 0 Å². The van der Waals surface area contributed by atoms with Gasteiger partial charge in [-0.2, -0.15) is 9.65 Å². The van der Waals surface area contributed by atoms with Crippen molar-refractivity contribution < 1.29 is 9.18 Å². The third-order valence-electron chi connectivity index (χ3n) is 5.07. The topological polar surface area (TPSA) is 56.5 Å². The first kappa shape index (κ1) is 18.5. The van der Waals surface area contributed by atoms with E-state index in [-0.39, 0.29) is 11.4 Å². The van der Waals surface area contributed by atoms with Crippen molar-refractivity contribution >= 4 is 11.7 Å². The number of carbonyl (C=O) groups excluding carboxylic acids is 1. The summed E-state index contributed by atoms with van der Waals surface area (Å²) in [6.07, 6.45) is 8.90. The number of rotatable bonds is 6. The highest BCUT2D eigenvalue weighted by molar-refractivity contribution is 5.96. The Morgan fingerprint density at radius 2 is 2.12 bits per heavy atom. The van der Waals surface area contributed by atoms with Crippen LogP contribution in [0.15, 0.2) is 28.8 Å². The molecule has 0 bridgehead atoms. The predicted molar refractivity (Wildman–Crippen MR) is 93.4 cm³/mol. The van der Waals surface area contributed by atoms with Gasteiger partial charge in [0.05, 0.1) is 6.54 Å². The summed E-state index contributed by atoms with van der Waals surface area (Å²) in [7, 11) is 1.30. The molecule has 1 aliphatic carbocycles. The summed E-state index contributed by atoms with van der Waals surface area (Å²) < 4.78 is 13.2. The molecule has 24 heavy (non-hydrogen) atoms. The quantitative estimate of drug-likeness (QED) is 0.426. The number of carbonyl (C=O) groups is 1. The third kappa shape index (κ3) is 5.10. The lowest BCUT2D eigenvalue weighted by Gasteiger charge is -2.28. The van der Waals surface area contributed by atoms with Crippen molar-refractivity contribution in [1.82, 2.24) is 4.90 Å². The summed E-state index contributed by atoms with van der Waals surface area (Å²) in [6, 6.07) is 1.76. The second kappa shape index (κ2) is 8.89. The Morgan fingerprint density at radius 1 is 1.38 bits per heavy atom. The molecule has 2 unspecified atom stereocenters. The van der Waals surface area contributed by atoms with E-state index >= 15 is 0 Å². The first-order valence-corrected chi connectivity index (χ1v) is 8.68. The molecule has 5 heteroatoms. The molecule has 1 aliphatic heterocycles. The second-order valence-corrected chi connectivity index (χ2v) is 6.98. The van der Waals surface area contributed by atoms with Gasteiger partial charge in [0.15, 0.2) is 5.78 Å². The minimum atomic E-state index is -0.772. The van der Waals surface area contributed by atoms with Crippen LogP contribution in [0.2, 0.25) is 0 Å². The predicted octanol–water partition coefficient (Wildman–Crippen LogP) is 3.32. The van der Waals surface area contributed by atoms with Crippen LogP contribution in [0.5, 0.6) is 0 Å². The van der Waals surface area contributed by atoms with Crippen molar-refractivity contribution in [1.29, 1.82) is 5.26 Å². The molecule has 0 spiro atoms. The van der Waals surface area contributed by atoms with Crippen LogP contribution in [0.1, 0.15) is 32.6 Å². The molecule has 2 rings (SSSR count). The highest BCUT2D eigenvalue weighted by Gasteiger charge is 2.36. The molecule has 0 aromatic carbocycles. The summed E-state index contributed by atoms with van der Waals surface area (Å²) in [5.74, 6) is 1.62. The average Bonchev–Trinajstić information content (AvgIpc) is 2.95. The van der Waals surface area contributed by atoms with Gasteiger partial charge in [-0.3, -0.25) is 14.7 Å². The standard InChI is InChI=1S/C19H26FN3O/c1-14-7-8-16-11-23(12-17(16)9-14)13-18(24)6-4-3-5-15(10-21)19(20)22-2/h4-6,14,16-17H,3,7-9,11-13H2,1-2H3/b6-4+,15-5-,22-19?/t14-,16?,17?/m1/s1. The van der Waals surface area contributed by atoms with Crippen LogP contribution in [-0.4, -0.2) is 43.3 Å². The molecule has 1 saturated heterocycles. The highest BCUT2D eigenvalue weighted by atomic mass is 19.1. The minimum Gasteiger partial charge on any atom is -0.295 e. The number of nitriles is 1. The lowest BCUT2D eigenvalue weighted by Crippen LogP contribution is -2.27. The Labute approximate surface area is 143 Å². The van der Waals surface area contributed by atoms with E-state index in [0.717, 1.165) is 30.8 Å². The van der Waals surface area contributed by atoms with Gasteiger partial charge in [0, 0.05) is 20.1 Å². The number of likely N-dealkylation sites (tertiary alicyclic amines) is 1. The van der Waals surface area contributed by atoms with Crippen LogP contribution in [0.25, 0.3) is 0 Å². The average molecular weight is 331 g/mol. The summed E-state index contributed by atoms with van der Waals surface area (Å²) in [5, 5.41) is 8.81. The van der Waals surface area contributed by atoms with E-state index in [0.29, 0.717) is 13.0 Å². The SMILES string of the molecule is CN=C(F)/C(C#N)=C\C/C=C/C(=O)CN1CC2CC[C@@H](C)CC2C1. The lowest BCUT2D eigenvalue weighted by atomic mass is 9.77. The number of halogens is 1. The molecule has 0 aromatic rings. The normalized spacial score (nSPS) is 28.8. The van der Waals surface area contributed by atoms with Crippen molar-refractivity contribution in [2.24, 2.45) is 22.7 Å². The monoisotopic (exact) mass is 331 g/mol. The fraction of sp³-hybridized carbons (Fsp3) is 0.632. The van der Waals surface area contributed by atoms with E-state index in [9.17, 15) is 9.18 Å². The van der Waals surface area contributed by atoms with Gasteiger partial charge in [0.1, 0.15) is 11.6 Å². The zero-order valence-corrected chi connectivity index (χ0v) is 14.5. The van der Waals surface area contributed by atoms with Crippen molar-refractivity contribution in [3.8, 4) is 6.07 Å². The zero-order chi connectivity index (χ0) is 17.5. The van der Waals surface area contributed by atoms with Crippen molar-refractivity contribution in [2.75, 3.05) is 26.7 Å². The van der Waals surface area contributed by atoms with Crippen LogP contribution >= 0.6 is 0 Å². The van der Waals surface area contributed by atoms with Crippen LogP contribution in [0.3, 0.4) is 0 Å². The van der Waals surface area contributed by atoms with Crippen LogP contribution in [0, 0.1) is 29.1 Å². The van der Waals surface area contributed by atoms with Crippen molar-refractivity contribution in [2.45, 2.75) is 32.6 Å². The van der Waals surface area contributed by atoms with E-state index in [1.165, 1.54) is 38.5 Å². The molecule has 1 heterocycles. The molecule has 2 fully saturated rings. The Bertz CT molecular complexity index is 588. The minimum absolute atomic E-state index is 0.0678. The molecular weight excluding hydrogens is 305 g/mol. The Hall–Kier alpha value is -1.80. The van der Waals surface area contributed by atoms with Gasteiger partial charge in [0.25, 0.3) is 0 Å². The summed E-state index contributed by atoms with van der Waals surface area (Å²) >= 11 is 0. The first-order valence-electron chi connectivity index (χ1n) is 8.68. The summed E-state index contributed by atoms with van der Waals surface area (Å²) in [6.45, 7) is 4.85. The van der Waals surface area contributed by atoms with Crippen LogP contribution in [0.4, 0.5) is 4.39 Å². The molecule has 130 valence electrons. The Balaban J connectivity index is 1.78. The number of aliphatic imine (C=N–C) groups is 1. The molecule has 2 aliphatic rings. The largest absolute Gasteiger partial charge is 0.295 e. The second-order valence-electron chi connectivity index (χ2n) is 6.98. The fourth-order valence-electron chi connectivity index (χ4n) is 3.85. The Kier molecular flexibility index (Phi) is 6.86. The highest BCUT2D eigenvalue weighted by Crippen LogP contribution is 2.38. The van der Waals surface area contributed by atoms with Crippen molar-refractivity contribution in [3.63, 3.8) is 0 Å². The molecule has 1 saturated carbocycles. The maximum absolute atomic E-state index is 13.2. The summed E-state index contributed by atoms with van der Waals surface area (Å²) in [4.78, 5) is 17.7. The molecule has 0 amide bonds. The van der Waals surface area contributed by atoms with E-state index in [2.05, 4.69) is 16.8 Å². The molecule has 0 aromatic heterocycles. The number of fused-ring (bicyclic) bond motifs is 1. The maximum Gasteiger partial charge on any atom is 0.225 e. The van der Waals surface area contributed by atoms with E-state index < -0.39 is 5.97 Å². The lowest BCUT2D eigenvalue weighted by molar-refractivity contribution is -0.115. The van der Waals surface area contributed by atoms with E-state index in [1.54, 1.807) is 12.1 Å². The Morgan fingerprint density at radius 3 is 2.83 bits per heavy atom. The first-order chi connectivity index (χ1) is 11.5. The van der Waals surface area contributed by atoms with Gasteiger partial charge in [-0.15, -0.1) is 0 Å². The molecule has 4 nitrogen and oxygen atoms in total. The van der Waals surface area contributed by atoms with Crippen LogP contribution < -0.4 is 0 Å². The number of hydrogen-bond acceptors (Lipinski definition) is 4. The van der Waals surface area contributed by atoms with Crippen molar-refractivity contribution in [3.05, 3.63) is 23.8 Å². The van der Waals surface area contributed by atoms with Crippen LogP contribution in [-0.2, 0) is 4.79 Å². The third-order valence-corrected chi connectivity index (χ3v) is 5.07. The summed E-state index contributed by atoms with van der Waals surface area (Å²) in [5.41, 5.74) is -0.0904. The van der Waals surface area contributed by atoms with Gasteiger partial charge in [0.2, 0.25) is 5.97 Å². The smallest absolute Gasteiger partial charge is 0.225 e. The molecule has 0 N–H and O–H groups in total. The number of allylic oxidation sites excluding steroid dienone is 3. The van der Waals surface area contributed by atoms with Gasteiger partial charge in [-0.05, 0) is 43.1 Å². The van der Waals surface area contributed by atoms with Gasteiger partial charge in [-0.25, -0.2) is 0 Å². The van der Waals surface area contributed by atoms with Gasteiger partial charge < -0.3 is 0 Å².